The Morgan fingerprint density at radius 1 is 0.340 bits per heavy atom. The minimum Gasteiger partial charge on any atom is -0.355 e. The average Bonchev–Trinajstić information content (AvgIpc) is 3.99. The molecule has 0 aliphatic carbocycles. The monoisotopic (exact) mass is 640 g/mol. The Bertz CT molecular complexity index is 2900. The van der Waals surface area contributed by atoms with E-state index < -0.39 is 0 Å². The highest BCUT2D eigenvalue weighted by atomic mass is 14.8. The van der Waals surface area contributed by atoms with Crippen LogP contribution in [-0.2, 0) is 0 Å². The van der Waals surface area contributed by atoms with Crippen LogP contribution in [0.5, 0.6) is 0 Å². The normalized spacial score (nSPS) is 12.6. The van der Waals surface area contributed by atoms with Crippen molar-refractivity contribution in [3.05, 3.63) is 144 Å². The molecule has 50 heavy (non-hydrogen) atoms. The Kier molecular flexibility index (Phi) is 5.57. The Balaban J connectivity index is 1.15. The van der Waals surface area contributed by atoms with Gasteiger partial charge in [0, 0.05) is 76.8 Å². The van der Waals surface area contributed by atoms with Crippen molar-refractivity contribution in [1.29, 1.82) is 0 Å². The number of H-pyrrole nitrogens is 4. The van der Waals surface area contributed by atoms with Gasteiger partial charge < -0.3 is 19.9 Å². The molecule has 7 heterocycles. The predicted octanol–water partition coefficient (Wildman–Crippen LogP) is 11.3. The zero-order valence-electron chi connectivity index (χ0n) is 26.8. The zero-order chi connectivity index (χ0) is 32.8. The molecule has 6 nitrogen and oxygen atoms in total. The molecule has 0 unspecified atom stereocenters. The lowest BCUT2D eigenvalue weighted by Crippen LogP contribution is -1.86. The summed E-state index contributed by atoms with van der Waals surface area (Å²) in [5, 5.41) is 4.87. The lowest BCUT2D eigenvalue weighted by atomic mass is 10.0. The van der Waals surface area contributed by atoms with Gasteiger partial charge in [0.05, 0.1) is 22.8 Å². The molecule has 5 aromatic heterocycles. The van der Waals surface area contributed by atoms with Gasteiger partial charge in [-0.05, 0) is 96.1 Å². The molecule has 11 rings (SSSR count). The molecule has 4 N–H and O–H groups in total. The summed E-state index contributed by atoms with van der Waals surface area (Å²) in [6.07, 6.45) is 8.40. The topological polar surface area (TPSA) is 88.9 Å². The fourth-order valence-corrected chi connectivity index (χ4v) is 7.70. The molecule has 6 heteroatoms. The minimum atomic E-state index is 0.887. The summed E-state index contributed by atoms with van der Waals surface area (Å²) in [6.45, 7) is 0. The molecule has 4 aromatic carbocycles. The number of aromatic amines is 4. The summed E-state index contributed by atoms with van der Waals surface area (Å²) in [4.78, 5) is 24.9. The molecule has 2 aliphatic rings. The maximum atomic E-state index is 5.15. The fourth-order valence-electron chi connectivity index (χ4n) is 7.70. The standard InChI is InChI=1S/C44H28N6/c1-3-7-35-31(5-1)33-15-9-25(21-41(33)49-35)43-37-17-11-27(45-37)23-29-13-19-39(47-29)44(40-20-14-30(48-40)24-28-12-18-38(43)46-28)26-10-16-34-32-6-2-4-8-36(32)50-42(34)22-26/h1-24,45,48-50H. The van der Waals surface area contributed by atoms with Gasteiger partial charge in [-0.2, -0.15) is 0 Å². The van der Waals surface area contributed by atoms with Crippen LogP contribution in [0.1, 0.15) is 22.8 Å². The van der Waals surface area contributed by atoms with E-state index in [1.807, 2.05) is 0 Å². The molecular weight excluding hydrogens is 613 g/mol. The zero-order valence-corrected chi connectivity index (χ0v) is 26.8. The number of benzene rings is 4. The van der Waals surface area contributed by atoms with Crippen LogP contribution < -0.4 is 0 Å². The predicted molar refractivity (Wildman–Crippen MR) is 208 cm³/mol. The summed E-state index contributed by atoms with van der Waals surface area (Å²) in [6, 6.07) is 42.9. The number of aromatic nitrogens is 6. The Hall–Kier alpha value is -6.92. The first-order valence-corrected chi connectivity index (χ1v) is 16.8. The van der Waals surface area contributed by atoms with Crippen LogP contribution in [0, 0.1) is 0 Å². The van der Waals surface area contributed by atoms with E-state index in [-0.39, 0.29) is 0 Å². The highest BCUT2D eigenvalue weighted by Crippen LogP contribution is 2.36. The van der Waals surface area contributed by atoms with Crippen LogP contribution in [0.25, 0.3) is 112 Å². The third kappa shape index (κ3) is 4.22. The van der Waals surface area contributed by atoms with Crippen molar-refractivity contribution in [3.63, 3.8) is 0 Å². The third-order valence-electron chi connectivity index (χ3n) is 9.99. The highest BCUT2D eigenvalue weighted by molar-refractivity contribution is 6.10. The SMILES string of the molecule is C1=Cc2nc1cc1ccc([nH]1)c(-c1ccc3c(c1)[nH]c1ccccc13)c1nc(cc3ccc([nH]3)c2-c2ccc3c(c2)[nH]c2ccccc23)C=C1. The van der Waals surface area contributed by atoms with Gasteiger partial charge in [-0.25, -0.2) is 9.97 Å². The summed E-state index contributed by atoms with van der Waals surface area (Å²) in [5.74, 6) is 0. The Morgan fingerprint density at radius 3 is 1.30 bits per heavy atom. The lowest BCUT2D eigenvalue weighted by Gasteiger charge is -2.05. The first-order valence-electron chi connectivity index (χ1n) is 16.8. The Labute approximate surface area is 285 Å². The van der Waals surface area contributed by atoms with Gasteiger partial charge in [-0.15, -0.1) is 0 Å². The number of hydrogen-bond acceptors (Lipinski definition) is 2. The molecule has 2 aliphatic heterocycles. The molecule has 0 amide bonds. The van der Waals surface area contributed by atoms with E-state index in [9.17, 15) is 0 Å². The van der Waals surface area contributed by atoms with Crippen molar-refractivity contribution in [2.45, 2.75) is 0 Å². The van der Waals surface area contributed by atoms with E-state index in [0.29, 0.717) is 0 Å². The Morgan fingerprint density at radius 2 is 0.800 bits per heavy atom. The maximum absolute atomic E-state index is 5.15. The smallest absolute Gasteiger partial charge is 0.0736 e. The molecule has 0 atom stereocenters. The summed E-state index contributed by atoms with van der Waals surface area (Å²) >= 11 is 0. The van der Waals surface area contributed by atoms with Gasteiger partial charge >= 0.3 is 0 Å². The van der Waals surface area contributed by atoms with Crippen molar-refractivity contribution in [2.75, 3.05) is 0 Å². The summed E-state index contributed by atoms with van der Waals surface area (Å²) in [7, 11) is 0. The summed E-state index contributed by atoms with van der Waals surface area (Å²) in [5.41, 5.74) is 16.3. The van der Waals surface area contributed by atoms with Gasteiger partial charge in [0.15, 0.2) is 0 Å². The second-order valence-corrected chi connectivity index (χ2v) is 13.1. The molecule has 0 spiro atoms. The van der Waals surface area contributed by atoms with Crippen molar-refractivity contribution in [3.8, 4) is 22.3 Å². The van der Waals surface area contributed by atoms with Crippen LogP contribution in [0.2, 0.25) is 0 Å². The molecular formula is C44H28N6. The number of nitrogens with one attached hydrogen (secondary N) is 4. The second kappa shape index (κ2) is 10.3. The van der Waals surface area contributed by atoms with Crippen molar-refractivity contribution in [1.82, 2.24) is 29.9 Å². The van der Waals surface area contributed by atoms with Crippen LogP contribution in [0.4, 0.5) is 0 Å². The van der Waals surface area contributed by atoms with E-state index in [4.69, 9.17) is 9.97 Å². The van der Waals surface area contributed by atoms with Gasteiger partial charge in [-0.3, -0.25) is 0 Å². The van der Waals surface area contributed by atoms with Gasteiger partial charge in [0.1, 0.15) is 0 Å². The van der Waals surface area contributed by atoms with Crippen molar-refractivity contribution in [2.24, 2.45) is 0 Å². The molecule has 0 saturated heterocycles. The van der Waals surface area contributed by atoms with Gasteiger partial charge in [-0.1, -0.05) is 60.7 Å². The van der Waals surface area contributed by atoms with Crippen LogP contribution in [0.3, 0.4) is 0 Å². The van der Waals surface area contributed by atoms with E-state index in [0.717, 1.165) is 89.2 Å². The highest BCUT2D eigenvalue weighted by Gasteiger charge is 2.15. The molecule has 0 fully saturated rings. The second-order valence-electron chi connectivity index (χ2n) is 13.1. The quantitative estimate of drug-likeness (QED) is 0.151. The van der Waals surface area contributed by atoms with Crippen LogP contribution >= 0.6 is 0 Å². The van der Waals surface area contributed by atoms with Crippen molar-refractivity contribution < 1.29 is 0 Å². The number of hydrogen-bond donors (Lipinski definition) is 4. The number of para-hydroxylation sites is 2. The molecule has 234 valence electrons. The van der Waals surface area contributed by atoms with Crippen LogP contribution in [0.15, 0.2) is 121 Å². The van der Waals surface area contributed by atoms with E-state index >= 15 is 0 Å². The summed E-state index contributed by atoms with van der Waals surface area (Å²) < 4.78 is 0. The van der Waals surface area contributed by atoms with E-state index in [1.165, 1.54) is 21.5 Å². The van der Waals surface area contributed by atoms with Gasteiger partial charge in [0.25, 0.3) is 0 Å². The average molecular weight is 641 g/mol. The number of rotatable bonds is 2. The first-order chi connectivity index (χ1) is 24.7. The van der Waals surface area contributed by atoms with Gasteiger partial charge in [0.2, 0.25) is 0 Å². The first kappa shape index (κ1) is 27.1. The van der Waals surface area contributed by atoms with Crippen molar-refractivity contribution >= 4 is 90.0 Å². The largest absolute Gasteiger partial charge is 0.355 e. The lowest BCUT2D eigenvalue weighted by molar-refractivity contribution is 1.31. The molecule has 8 bridgehead atoms. The molecule has 9 aromatic rings. The molecule has 0 radical (unpaired) electrons. The minimum absolute atomic E-state index is 0.887. The number of nitrogens with zero attached hydrogens (tertiary/aromatic N) is 2. The molecule has 0 saturated carbocycles. The van der Waals surface area contributed by atoms with Crippen LogP contribution in [-0.4, -0.2) is 29.9 Å². The fraction of sp³-hybridized carbons (Fsp3) is 0. The maximum Gasteiger partial charge on any atom is 0.0736 e. The van der Waals surface area contributed by atoms with E-state index in [2.05, 4.69) is 166 Å². The van der Waals surface area contributed by atoms with E-state index in [1.54, 1.807) is 0 Å². The number of fused-ring (bicyclic) bond motifs is 14. The third-order valence-corrected chi connectivity index (χ3v) is 9.99.